The molecule has 0 bridgehead atoms. The van der Waals surface area contributed by atoms with Crippen molar-refractivity contribution in [2.24, 2.45) is 11.7 Å². The van der Waals surface area contributed by atoms with Crippen molar-refractivity contribution in [3.05, 3.63) is 34.1 Å². The van der Waals surface area contributed by atoms with E-state index in [4.69, 9.17) is 17.3 Å². The van der Waals surface area contributed by atoms with E-state index >= 15 is 0 Å². The van der Waals surface area contributed by atoms with E-state index in [1.165, 1.54) is 6.42 Å². The van der Waals surface area contributed by atoms with Crippen LogP contribution in [-0.2, 0) is 6.54 Å². The predicted molar refractivity (Wildman–Crippen MR) is 73.2 cm³/mol. The van der Waals surface area contributed by atoms with E-state index in [0.29, 0.717) is 16.5 Å². The molecule has 0 aromatic heterocycles. The van der Waals surface area contributed by atoms with Crippen LogP contribution in [0.25, 0.3) is 0 Å². The zero-order valence-electron chi connectivity index (χ0n) is 10.8. The van der Waals surface area contributed by atoms with Crippen molar-refractivity contribution in [3.63, 3.8) is 0 Å². The predicted octanol–water partition coefficient (Wildman–Crippen LogP) is 2.96. The molecule has 2 nitrogen and oxygen atoms in total. The molecule has 0 spiro atoms. The molecule has 0 amide bonds. The van der Waals surface area contributed by atoms with Crippen LogP contribution in [0.15, 0.2) is 12.1 Å². The Bertz CT molecular complexity index is 423. The molecule has 0 radical (unpaired) electrons. The summed E-state index contributed by atoms with van der Waals surface area (Å²) in [7, 11) is 0. The summed E-state index contributed by atoms with van der Waals surface area (Å²) in [6.07, 6.45) is 2.26. The maximum absolute atomic E-state index is 13.5. The monoisotopic (exact) mass is 270 g/mol. The quantitative estimate of drug-likeness (QED) is 0.911. The van der Waals surface area contributed by atoms with Crippen LogP contribution in [0.3, 0.4) is 0 Å². The summed E-state index contributed by atoms with van der Waals surface area (Å²) in [4.78, 5) is 2.33. The number of benzene rings is 1. The molecule has 1 aliphatic heterocycles. The van der Waals surface area contributed by atoms with Gasteiger partial charge in [-0.2, -0.15) is 0 Å². The summed E-state index contributed by atoms with van der Waals surface area (Å²) in [5.74, 6) is 0.510. The van der Waals surface area contributed by atoms with E-state index < -0.39 is 0 Å². The maximum atomic E-state index is 13.5. The molecule has 1 saturated heterocycles. The lowest BCUT2D eigenvalue weighted by molar-refractivity contribution is 0.313. The SMILES string of the molecule is Cc1cc(Cl)c(CN2CCC(CCN)C2)cc1F. The second-order valence-electron chi connectivity index (χ2n) is 5.16. The van der Waals surface area contributed by atoms with E-state index in [1.54, 1.807) is 19.1 Å². The maximum Gasteiger partial charge on any atom is 0.126 e. The Hall–Kier alpha value is -0.640. The zero-order chi connectivity index (χ0) is 13.1. The molecule has 1 aromatic rings. The van der Waals surface area contributed by atoms with Crippen molar-refractivity contribution in [3.8, 4) is 0 Å². The Balaban J connectivity index is 2.00. The van der Waals surface area contributed by atoms with Gasteiger partial charge < -0.3 is 5.73 Å². The number of nitrogens with two attached hydrogens (primary N) is 1. The second-order valence-corrected chi connectivity index (χ2v) is 5.57. The third-order valence-electron chi connectivity index (χ3n) is 3.67. The number of nitrogens with zero attached hydrogens (tertiary/aromatic N) is 1. The highest BCUT2D eigenvalue weighted by atomic mass is 35.5. The van der Waals surface area contributed by atoms with Crippen LogP contribution in [0.2, 0.25) is 5.02 Å². The van der Waals surface area contributed by atoms with Crippen LogP contribution in [0.5, 0.6) is 0 Å². The van der Waals surface area contributed by atoms with Crippen molar-refractivity contribution in [1.82, 2.24) is 4.90 Å². The van der Waals surface area contributed by atoms with Gasteiger partial charge in [-0.05, 0) is 62.0 Å². The fraction of sp³-hybridized carbons (Fsp3) is 0.571. The van der Waals surface area contributed by atoms with Gasteiger partial charge in [-0.15, -0.1) is 0 Å². The first kappa shape index (κ1) is 13.8. The number of halogens is 2. The standard InChI is InChI=1S/C14H20ClFN2/c1-10-6-13(15)12(7-14(10)16)9-18-5-3-11(8-18)2-4-17/h6-7,11H,2-5,8-9,17H2,1H3. The van der Waals surface area contributed by atoms with Crippen LogP contribution in [-0.4, -0.2) is 24.5 Å². The van der Waals surface area contributed by atoms with Gasteiger partial charge in [-0.25, -0.2) is 4.39 Å². The minimum Gasteiger partial charge on any atom is -0.330 e. The van der Waals surface area contributed by atoms with E-state index in [2.05, 4.69) is 4.90 Å². The van der Waals surface area contributed by atoms with Crippen LogP contribution >= 0.6 is 11.6 Å². The lowest BCUT2D eigenvalue weighted by atomic mass is 10.1. The van der Waals surface area contributed by atoms with E-state index in [0.717, 1.165) is 38.2 Å². The summed E-state index contributed by atoms with van der Waals surface area (Å²) in [5.41, 5.74) is 7.06. The van der Waals surface area contributed by atoms with Crippen LogP contribution < -0.4 is 5.73 Å². The Morgan fingerprint density at radius 1 is 1.50 bits per heavy atom. The molecule has 100 valence electrons. The van der Waals surface area contributed by atoms with E-state index in [1.807, 2.05) is 0 Å². The minimum absolute atomic E-state index is 0.174. The molecule has 1 atom stereocenters. The molecular weight excluding hydrogens is 251 g/mol. The zero-order valence-corrected chi connectivity index (χ0v) is 11.5. The van der Waals surface area contributed by atoms with Gasteiger partial charge in [0.2, 0.25) is 0 Å². The molecule has 2 N–H and O–H groups in total. The number of hydrogen-bond acceptors (Lipinski definition) is 2. The molecule has 0 saturated carbocycles. The highest BCUT2D eigenvalue weighted by molar-refractivity contribution is 6.31. The van der Waals surface area contributed by atoms with Gasteiger partial charge in [-0.3, -0.25) is 4.90 Å². The highest BCUT2D eigenvalue weighted by Crippen LogP contribution is 2.25. The number of hydrogen-bond donors (Lipinski definition) is 1. The molecular formula is C14H20ClFN2. The van der Waals surface area contributed by atoms with E-state index in [9.17, 15) is 4.39 Å². The molecule has 0 aliphatic carbocycles. The Kier molecular flexibility index (Phi) is 4.60. The normalized spacial score (nSPS) is 20.6. The van der Waals surface area contributed by atoms with Gasteiger partial charge in [0.15, 0.2) is 0 Å². The van der Waals surface area contributed by atoms with Crippen LogP contribution in [0.4, 0.5) is 4.39 Å². The lowest BCUT2D eigenvalue weighted by Gasteiger charge is -2.17. The Labute approximate surface area is 113 Å². The molecule has 1 aromatic carbocycles. The average Bonchev–Trinajstić information content (AvgIpc) is 2.74. The molecule has 2 rings (SSSR count). The third kappa shape index (κ3) is 3.22. The van der Waals surface area contributed by atoms with Crippen LogP contribution in [0.1, 0.15) is 24.0 Å². The Morgan fingerprint density at radius 2 is 2.28 bits per heavy atom. The van der Waals surface area contributed by atoms with Crippen molar-refractivity contribution in [2.75, 3.05) is 19.6 Å². The number of aryl methyl sites for hydroxylation is 1. The van der Waals surface area contributed by atoms with Gasteiger partial charge in [0, 0.05) is 18.1 Å². The summed E-state index contributed by atoms with van der Waals surface area (Å²) < 4.78 is 13.5. The molecule has 1 fully saturated rings. The molecule has 1 heterocycles. The van der Waals surface area contributed by atoms with Crippen molar-refractivity contribution in [1.29, 1.82) is 0 Å². The van der Waals surface area contributed by atoms with Gasteiger partial charge >= 0.3 is 0 Å². The largest absolute Gasteiger partial charge is 0.330 e. The molecule has 18 heavy (non-hydrogen) atoms. The van der Waals surface area contributed by atoms with Crippen LogP contribution in [0, 0.1) is 18.7 Å². The molecule has 1 aliphatic rings. The van der Waals surface area contributed by atoms with Gasteiger partial charge in [-0.1, -0.05) is 11.6 Å². The summed E-state index contributed by atoms with van der Waals surface area (Å²) >= 11 is 6.16. The highest BCUT2D eigenvalue weighted by Gasteiger charge is 2.22. The third-order valence-corrected chi connectivity index (χ3v) is 4.02. The second kappa shape index (κ2) is 6.00. The van der Waals surface area contributed by atoms with Gasteiger partial charge in [0.1, 0.15) is 5.82 Å². The smallest absolute Gasteiger partial charge is 0.126 e. The first-order chi connectivity index (χ1) is 8.60. The average molecular weight is 271 g/mol. The number of likely N-dealkylation sites (tertiary alicyclic amines) is 1. The fourth-order valence-corrected chi connectivity index (χ4v) is 2.86. The summed E-state index contributed by atoms with van der Waals surface area (Å²) in [6.45, 7) is 5.31. The first-order valence-corrected chi connectivity index (χ1v) is 6.85. The first-order valence-electron chi connectivity index (χ1n) is 6.47. The summed E-state index contributed by atoms with van der Waals surface area (Å²) in [6, 6.07) is 3.27. The van der Waals surface area contributed by atoms with E-state index in [-0.39, 0.29) is 5.82 Å². The van der Waals surface area contributed by atoms with Gasteiger partial charge in [0.25, 0.3) is 0 Å². The summed E-state index contributed by atoms with van der Waals surface area (Å²) in [5, 5.41) is 0.663. The molecule has 1 unspecified atom stereocenters. The topological polar surface area (TPSA) is 29.3 Å². The van der Waals surface area contributed by atoms with Gasteiger partial charge in [0.05, 0.1) is 0 Å². The van der Waals surface area contributed by atoms with Crippen molar-refractivity contribution in [2.45, 2.75) is 26.3 Å². The fourth-order valence-electron chi connectivity index (χ4n) is 2.58. The Morgan fingerprint density at radius 3 is 3.00 bits per heavy atom. The molecule has 4 heteroatoms. The number of rotatable bonds is 4. The lowest BCUT2D eigenvalue weighted by Crippen LogP contribution is -2.21. The van der Waals surface area contributed by atoms with Crippen molar-refractivity contribution >= 4 is 11.6 Å². The minimum atomic E-state index is -0.174. The van der Waals surface area contributed by atoms with Crippen molar-refractivity contribution < 1.29 is 4.39 Å².